The molecule has 5 rings (SSSR count). The smallest absolute Gasteiger partial charge is 0.0317 e. The highest BCUT2D eigenvalue weighted by atomic mass is 14.6. The molecule has 0 spiro atoms. The highest BCUT2D eigenvalue weighted by Gasteiger charge is 2.31. The van der Waals surface area contributed by atoms with Gasteiger partial charge in [0.1, 0.15) is 0 Å². The normalized spacial score (nSPS) is 13.2. The minimum absolute atomic E-state index is 0.169. The summed E-state index contributed by atoms with van der Waals surface area (Å²) in [6, 6.07) is 39.5. The van der Waals surface area contributed by atoms with E-state index in [1.807, 2.05) is 54.6 Å². The molecule has 5 aromatic rings. The summed E-state index contributed by atoms with van der Waals surface area (Å²) in [6.45, 7) is 6.80. The van der Waals surface area contributed by atoms with Crippen molar-refractivity contribution in [3.8, 4) is 0 Å². The minimum Gasteiger partial charge on any atom is -0.399 e. The Morgan fingerprint density at radius 3 is 1.40 bits per heavy atom. The summed E-state index contributed by atoms with van der Waals surface area (Å²) in [4.78, 5) is 0. The van der Waals surface area contributed by atoms with E-state index in [0.29, 0.717) is 0 Å². The first kappa shape index (κ1) is 28.6. The summed E-state index contributed by atoms with van der Waals surface area (Å²) in [5.41, 5.74) is 35.1. The molecule has 0 saturated heterocycles. The third-order valence-electron chi connectivity index (χ3n) is 8.53. The van der Waals surface area contributed by atoms with Gasteiger partial charge >= 0.3 is 0 Å². The van der Waals surface area contributed by atoms with Crippen molar-refractivity contribution in [3.63, 3.8) is 0 Å². The monoisotopic (exact) mass is 552 g/mol. The average molecular weight is 553 g/mol. The molecule has 0 aliphatic rings. The van der Waals surface area contributed by atoms with Gasteiger partial charge in [-0.05, 0) is 93.9 Å². The predicted molar refractivity (Wildman–Crippen MR) is 181 cm³/mol. The molecule has 8 N–H and O–H groups in total. The van der Waals surface area contributed by atoms with E-state index in [0.717, 1.165) is 40.3 Å². The van der Waals surface area contributed by atoms with Crippen LogP contribution in [0.5, 0.6) is 0 Å². The van der Waals surface area contributed by atoms with Crippen molar-refractivity contribution < 1.29 is 0 Å². The molecule has 0 radical (unpaired) electrons. The van der Waals surface area contributed by atoms with Gasteiger partial charge in [0, 0.05) is 33.6 Å². The predicted octanol–water partition coefficient (Wildman–Crippen LogP) is 8.06. The van der Waals surface area contributed by atoms with Gasteiger partial charge in [0.15, 0.2) is 0 Å². The van der Waals surface area contributed by atoms with Crippen molar-refractivity contribution in [1.29, 1.82) is 0 Å². The van der Waals surface area contributed by atoms with E-state index >= 15 is 0 Å². The lowest BCUT2D eigenvalue weighted by atomic mass is 9.70. The van der Waals surface area contributed by atoms with Crippen LogP contribution in [0.2, 0.25) is 0 Å². The first-order valence-electron chi connectivity index (χ1n) is 14.3. The lowest BCUT2D eigenvalue weighted by molar-refractivity contribution is 0.565. The zero-order valence-electron chi connectivity index (χ0n) is 24.6. The number of hydrogen-bond acceptors (Lipinski definition) is 4. The zero-order chi connectivity index (χ0) is 29.9. The molecule has 1 unspecified atom stereocenters. The van der Waals surface area contributed by atoms with Crippen LogP contribution in [0.15, 0.2) is 115 Å². The fraction of sp³-hybridized carbons (Fsp3) is 0.158. The van der Waals surface area contributed by atoms with E-state index in [9.17, 15) is 0 Å². The van der Waals surface area contributed by atoms with Crippen LogP contribution in [0.1, 0.15) is 59.7 Å². The molecule has 0 bridgehead atoms. The maximum Gasteiger partial charge on any atom is 0.0317 e. The van der Waals surface area contributed by atoms with Crippen LogP contribution in [0.25, 0.3) is 12.2 Å². The Morgan fingerprint density at radius 2 is 0.881 bits per heavy atom. The second kappa shape index (κ2) is 11.5. The van der Waals surface area contributed by atoms with Crippen LogP contribution in [-0.4, -0.2) is 0 Å². The maximum atomic E-state index is 6.34. The molecule has 4 heteroatoms. The summed E-state index contributed by atoms with van der Waals surface area (Å²) in [6.07, 6.45) is 5.02. The fourth-order valence-corrected chi connectivity index (χ4v) is 5.66. The van der Waals surface area contributed by atoms with E-state index in [2.05, 4.69) is 93.6 Å². The molecule has 4 nitrogen and oxygen atoms in total. The topological polar surface area (TPSA) is 104 Å². The Bertz CT molecular complexity index is 1680. The highest BCUT2D eigenvalue weighted by Crippen LogP contribution is 2.39. The third-order valence-corrected chi connectivity index (χ3v) is 8.53. The molecule has 0 aromatic heterocycles. The van der Waals surface area contributed by atoms with Crippen molar-refractivity contribution in [2.45, 2.75) is 38.0 Å². The first-order chi connectivity index (χ1) is 20.0. The van der Waals surface area contributed by atoms with E-state index in [4.69, 9.17) is 22.9 Å². The van der Waals surface area contributed by atoms with E-state index < -0.39 is 0 Å². The molecule has 42 heavy (non-hydrogen) atoms. The molecular weight excluding hydrogens is 512 g/mol. The van der Waals surface area contributed by atoms with E-state index in [1.165, 1.54) is 27.8 Å². The SMILES string of the molecule is CC(C)(c1ccc(N)cc1)c1ccc(C(C)(Cc2cc(N)ccc2C=Cc2ccc(N)cc2)c2ccc(N)cc2)cc1. The minimum atomic E-state index is -0.338. The van der Waals surface area contributed by atoms with Crippen molar-refractivity contribution in [1.82, 2.24) is 0 Å². The lowest BCUT2D eigenvalue weighted by Crippen LogP contribution is -2.28. The molecule has 5 aromatic carbocycles. The number of nitrogen functional groups attached to an aromatic ring is 4. The van der Waals surface area contributed by atoms with Gasteiger partial charge in [-0.15, -0.1) is 0 Å². The van der Waals surface area contributed by atoms with Crippen LogP contribution < -0.4 is 22.9 Å². The summed E-state index contributed by atoms with van der Waals surface area (Å²) in [7, 11) is 0. The fourth-order valence-electron chi connectivity index (χ4n) is 5.66. The van der Waals surface area contributed by atoms with Crippen molar-refractivity contribution in [2.24, 2.45) is 0 Å². The van der Waals surface area contributed by atoms with Crippen LogP contribution in [0, 0.1) is 0 Å². The highest BCUT2D eigenvalue weighted by molar-refractivity contribution is 5.73. The molecule has 0 aliphatic heterocycles. The largest absolute Gasteiger partial charge is 0.399 e. The van der Waals surface area contributed by atoms with Crippen molar-refractivity contribution in [3.05, 3.63) is 154 Å². The number of benzene rings is 5. The molecular formula is C38H40N4. The van der Waals surface area contributed by atoms with Gasteiger partial charge in [-0.1, -0.05) is 99.7 Å². The Kier molecular flexibility index (Phi) is 7.82. The molecule has 0 heterocycles. The van der Waals surface area contributed by atoms with Gasteiger partial charge in [-0.3, -0.25) is 0 Å². The van der Waals surface area contributed by atoms with Crippen LogP contribution in [0.3, 0.4) is 0 Å². The number of hydrogen-bond donors (Lipinski definition) is 4. The van der Waals surface area contributed by atoms with E-state index in [-0.39, 0.29) is 10.8 Å². The van der Waals surface area contributed by atoms with Crippen LogP contribution >= 0.6 is 0 Å². The van der Waals surface area contributed by atoms with Gasteiger partial charge in [0.05, 0.1) is 0 Å². The summed E-state index contributed by atoms with van der Waals surface area (Å²) >= 11 is 0. The van der Waals surface area contributed by atoms with Crippen molar-refractivity contribution in [2.75, 3.05) is 22.9 Å². The zero-order valence-corrected chi connectivity index (χ0v) is 24.6. The molecule has 0 aliphatic carbocycles. The Hall–Kier alpha value is -4.96. The Balaban J connectivity index is 1.54. The molecule has 0 saturated carbocycles. The second-order valence-electron chi connectivity index (χ2n) is 11.9. The molecule has 0 amide bonds. The number of rotatable bonds is 8. The van der Waals surface area contributed by atoms with Crippen molar-refractivity contribution >= 4 is 34.9 Å². The standard InChI is InChI=1S/C38H40N4/c1-37(2,30-13-20-34(40)21-14-30)29-9-11-31(12-10-29)38(3,32-15-22-35(41)23-16-32)25-28-24-36(42)19-8-27(28)7-4-26-5-17-33(39)18-6-26/h4-24H,25,39-42H2,1-3H3. The summed E-state index contributed by atoms with van der Waals surface area (Å²) < 4.78 is 0. The maximum absolute atomic E-state index is 6.34. The van der Waals surface area contributed by atoms with Gasteiger partial charge < -0.3 is 22.9 Å². The average Bonchev–Trinajstić information content (AvgIpc) is 2.98. The summed E-state index contributed by atoms with van der Waals surface area (Å²) in [5, 5.41) is 0. The molecule has 1 atom stereocenters. The van der Waals surface area contributed by atoms with Crippen LogP contribution in [-0.2, 0) is 17.3 Å². The van der Waals surface area contributed by atoms with Gasteiger partial charge in [-0.25, -0.2) is 0 Å². The van der Waals surface area contributed by atoms with Gasteiger partial charge in [-0.2, -0.15) is 0 Å². The number of nitrogens with two attached hydrogens (primary N) is 4. The Labute approximate surface area is 249 Å². The van der Waals surface area contributed by atoms with Crippen LogP contribution in [0.4, 0.5) is 22.7 Å². The number of anilines is 4. The second-order valence-corrected chi connectivity index (χ2v) is 11.9. The molecule has 0 fully saturated rings. The lowest BCUT2D eigenvalue weighted by Gasteiger charge is -2.33. The first-order valence-corrected chi connectivity index (χ1v) is 14.3. The Morgan fingerprint density at radius 1 is 0.476 bits per heavy atom. The van der Waals surface area contributed by atoms with E-state index in [1.54, 1.807) is 0 Å². The molecule has 212 valence electrons. The quantitative estimate of drug-likeness (QED) is 0.115. The third kappa shape index (κ3) is 6.03. The van der Waals surface area contributed by atoms with Gasteiger partial charge in [0.25, 0.3) is 0 Å². The van der Waals surface area contributed by atoms with Gasteiger partial charge in [0.2, 0.25) is 0 Å². The summed E-state index contributed by atoms with van der Waals surface area (Å²) in [5.74, 6) is 0.